The molecule has 0 fully saturated rings. The van der Waals surface area contributed by atoms with Crippen molar-refractivity contribution in [3.8, 4) is 0 Å². The predicted octanol–water partition coefficient (Wildman–Crippen LogP) is 3.74. The number of nitrogens with one attached hydrogen (secondary N) is 1. The van der Waals surface area contributed by atoms with Crippen LogP contribution in [0.5, 0.6) is 0 Å². The van der Waals surface area contributed by atoms with Crippen LogP contribution in [0.25, 0.3) is 10.1 Å². The number of hydrogen-bond donors (Lipinski definition) is 1. The highest BCUT2D eigenvalue weighted by atomic mass is 32.1. The lowest BCUT2D eigenvalue weighted by Crippen LogP contribution is -2.19. The van der Waals surface area contributed by atoms with E-state index in [9.17, 15) is 4.39 Å². The van der Waals surface area contributed by atoms with Gasteiger partial charge >= 0.3 is 0 Å². The standard InChI is InChI=1S/C15H13FN2S/c1-17-14(11-5-7-18-9-13(11)16)12-4-2-3-10-6-8-19-15(10)12/h2-9,14,17H,1H3. The monoisotopic (exact) mass is 272 g/mol. The molecule has 0 bridgehead atoms. The lowest BCUT2D eigenvalue weighted by molar-refractivity contribution is 0.572. The molecule has 0 aliphatic heterocycles. The largest absolute Gasteiger partial charge is 0.309 e. The lowest BCUT2D eigenvalue weighted by atomic mass is 9.98. The molecular formula is C15H13FN2S. The Morgan fingerprint density at radius 3 is 2.89 bits per heavy atom. The van der Waals surface area contributed by atoms with E-state index in [1.54, 1.807) is 23.6 Å². The Balaban J connectivity index is 2.18. The maximum atomic E-state index is 13.9. The van der Waals surface area contributed by atoms with Crippen molar-refractivity contribution in [2.45, 2.75) is 6.04 Å². The molecule has 1 unspecified atom stereocenters. The zero-order chi connectivity index (χ0) is 13.2. The Morgan fingerprint density at radius 2 is 2.11 bits per heavy atom. The van der Waals surface area contributed by atoms with Crippen molar-refractivity contribution in [1.29, 1.82) is 0 Å². The summed E-state index contributed by atoms with van der Waals surface area (Å²) in [5, 5.41) is 6.45. The molecule has 3 aromatic rings. The maximum absolute atomic E-state index is 13.9. The normalized spacial score (nSPS) is 12.7. The first kappa shape index (κ1) is 12.3. The highest BCUT2D eigenvalue weighted by Crippen LogP contribution is 2.32. The molecule has 3 rings (SSSR count). The molecular weight excluding hydrogens is 259 g/mol. The van der Waals surface area contributed by atoms with Crippen molar-refractivity contribution in [3.63, 3.8) is 0 Å². The van der Waals surface area contributed by atoms with Crippen molar-refractivity contribution in [1.82, 2.24) is 10.3 Å². The number of benzene rings is 1. The zero-order valence-electron chi connectivity index (χ0n) is 10.4. The van der Waals surface area contributed by atoms with E-state index in [1.807, 2.05) is 19.2 Å². The molecule has 0 saturated heterocycles. The minimum atomic E-state index is -0.282. The van der Waals surface area contributed by atoms with E-state index in [1.165, 1.54) is 16.3 Å². The summed E-state index contributed by atoms with van der Waals surface area (Å²) in [6.45, 7) is 0. The van der Waals surface area contributed by atoms with Crippen LogP contribution in [-0.4, -0.2) is 12.0 Å². The molecule has 1 N–H and O–H groups in total. The quantitative estimate of drug-likeness (QED) is 0.785. The number of thiophene rings is 1. The van der Waals surface area contributed by atoms with Crippen LogP contribution in [0.1, 0.15) is 17.2 Å². The fraction of sp³-hybridized carbons (Fsp3) is 0.133. The van der Waals surface area contributed by atoms with Crippen LogP contribution in [0.15, 0.2) is 48.1 Å². The number of rotatable bonds is 3. The Morgan fingerprint density at radius 1 is 1.21 bits per heavy atom. The molecule has 2 heterocycles. The summed E-state index contributed by atoms with van der Waals surface area (Å²) in [5.41, 5.74) is 1.72. The molecule has 1 atom stereocenters. The number of fused-ring (bicyclic) bond motifs is 1. The molecule has 4 heteroatoms. The van der Waals surface area contributed by atoms with E-state index in [4.69, 9.17) is 0 Å². The summed E-state index contributed by atoms with van der Waals surface area (Å²) in [7, 11) is 1.84. The van der Waals surface area contributed by atoms with Crippen LogP contribution in [0.2, 0.25) is 0 Å². The average molecular weight is 272 g/mol. The Bertz CT molecular complexity index is 708. The minimum Gasteiger partial charge on any atom is -0.309 e. The number of aromatic nitrogens is 1. The van der Waals surface area contributed by atoms with Crippen molar-refractivity contribution < 1.29 is 4.39 Å². The third-order valence-corrected chi connectivity index (χ3v) is 4.20. The van der Waals surface area contributed by atoms with Gasteiger partial charge in [0.1, 0.15) is 5.82 Å². The second-order valence-corrected chi connectivity index (χ2v) is 5.22. The molecule has 0 saturated carbocycles. The lowest BCUT2D eigenvalue weighted by Gasteiger charge is -2.18. The van der Waals surface area contributed by atoms with Crippen LogP contribution in [0.4, 0.5) is 4.39 Å². The van der Waals surface area contributed by atoms with Gasteiger partial charge in [0.05, 0.1) is 12.2 Å². The smallest absolute Gasteiger partial charge is 0.146 e. The first-order valence-electron chi connectivity index (χ1n) is 6.04. The SMILES string of the molecule is CNC(c1ccncc1F)c1cccc2ccsc12. The second kappa shape index (κ2) is 5.07. The molecule has 1 aromatic carbocycles. The van der Waals surface area contributed by atoms with Crippen LogP contribution in [0.3, 0.4) is 0 Å². The molecule has 96 valence electrons. The topological polar surface area (TPSA) is 24.9 Å². The first-order chi connectivity index (χ1) is 9.31. The van der Waals surface area contributed by atoms with Crippen LogP contribution in [0, 0.1) is 5.82 Å². The van der Waals surface area contributed by atoms with Gasteiger partial charge < -0.3 is 5.32 Å². The maximum Gasteiger partial charge on any atom is 0.146 e. The van der Waals surface area contributed by atoms with E-state index in [0.717, 1.165) is 5.56 Å². The first-order valence-corrected chi connectivity index (χ1v) is 6.92. The Kier molecular flexibility index (Phi) is 3.27. The summed E-state index contributed by atoms with van der Waals surface area (Å²) in [6, 6.07) is 9.77. The third-order valence-electron chi connectivity index (χ3n) is 3.22. The predicted molar refractivity (Wildman–Crippen MR) is 76.9 cm³/mol. The zero-order valence-corrected chi connectivity index (χ0v) is 11.2. The van der Waals surface area contributed by atoms with E-state index in [2.05, 4.69) is 27.8 Å². The van der Waals surface area contributed by atoms with Gasteiger partial charge in [-0.25, -0.2) is 4.39 Å². The molecule has 0 amide bonds. The van der Waals surface area contributed by atoms with Gasteiger partial charge in [0.25, 0.3) is 0 Å². The number of pyridine rings is 1. The van der Waals surface area contributed by atoms with E-state index in [0.29, 0.717) is 5.56 Å². The highest BCUT2D eigenvalue weighted by Gasteiger charge is 2.18. The van der Waals surface area contributed by atoms with Crippen LogP contribution < -0.4 is 5.32 Å². The summed E-state index contributed by atoms with van der Waals surface area (Å²) >= 11 is 1.68. The van der Waals surface area contributed by atoms with Gasteiger partial charge in [-0.2, -0.15) is 0 Å². The number of hydrogen-bond acceptors (Lipinski definition) is 3. The Hall–Kier alpha value is -1.78. The van der Waals surface area contributed by atoms with E-state index >= 15 is 0 Å². The van der Waals surface area contributed by atoms with Gasteiger partial charge in [0.15, 0.2) is 0 Å². The van der Waals surface area contributed by atoms with Crippen LogP contribution >= 0.6 is 11.3 Å². The fourth-order valence-corrected chi connectivity index (χ4v) is 3.29. The summed E-state index contributed by atoms with van der Waals surface area (Å²) in [4.78, 5) is 3.81. The molecule has 2 aromatic heterocycles. The molecule has 0 spiro atoms. The van der Waals surface area contributed by atoms with Gasteiger partial charge in [0, 0.05) is 16.5 Å². The fourth-order valence-electron chi connectivity index (χ4n) is 2.34. The number of halogens is 1. The van der Waals surface area contributed by atoms with Gasteiger partial charge in [-0.15, -0.1) is 11.3 Å². The second-order valence-electron chi connectivity index (χ2n) is 4.31. The van der Waals surface area contributed by atoms with E-state index in [-0.39, 0.29) is 11.9 Å². The summed E-state index contributed by atoms with van der Waals surface area (Å²) < 4.78 is 15.1. The molecule has 2 nitrogen and oxygen atoms in total. The van der Waals surface area contributed by atoms with E-state index < -0.39 is 0 Å². The van der Waals surface area contributed by atoms with Crippen molar-refractivity contribution in [2.75, 3.05) is 7.05 Å². The van der Waals surface area contributed by atoms with Gasteiger partial charge in [0.2, 0.25) is 0 Å². The highest BCUT2D eigenvalue weighted by molar-refractivity contribution is 7.17. The van der Waals surface area contributed by atoms with Crippen LogP contribution in [-0.2, 0) is 0 Å². The molecule has 0 aliphatic carbocycles. The van der Waals surface area contributed by atoms with Gasteiger partial charge in [-0.3, -0.25) is 4.98 Å². The summed E-state index contributed by atoms with van der Waals surface area (Å²) in [5.74, 6) is -0.282. The van der Waals surface area contributed by atoms with Gasteiger partial charge in [-0.05, 0) is 35.5 Å². The minimum absolute atomic E-state index is 0.162. The van der Waals surface area contributed by atoms with Crippen molar-refractivity contribution in [3.05, 3.63) is 65.0 Å². The summed E-state index contributed by atoms with van der Waals surface area (Å²) in [6.07, 6.45) is 2.88. The van der Waals surface area contributed by atoms with Gasteiger partial charge in [-0.1, -0.05) is 18.2 Å². The Labute approximate surface area is 114 Å². The molecule has 0 aliphatic rings. The molecule has 0 radical (unpaired) electrons. The van der Waals surface area contributed by atoms with Crippen molar-refractivity contribution in [2.24, 2.45) is 0 Å². The average Bonchev–Trinajstić information content (AvgIpc) is 2.91. The number of nitrogens with zero attached hydrogens (tertiary/aromatic N) is 1. The van der Waals surface area contributed by atoms with Crippen molar-refractivity contribution >= 4 is 21.4 Å². The third kappa shape index (κ3) is 2.13. The molecule has 19 heavy (non-hydrogen) atoms.